The maximum absolute atomic E-state index is 5.87. The molecule has 1 aliphatic rings. The Bertz CT molecular complexity index is 416. The molecule has 18 heavy (non-hydrogen) atoms. The van der Waals surface area contributed by atoms with Crippen molar-refractivity contribution in [3.63, 3.8) is 0 Å². The predicted octanol–water partition coefficient (Wildman–Crippen LogP) is 1.48. The van der Waals surface area contributed by atoms with Crippen LogP contribution in [-0.4, -0.2) is 43.2 Å². The summed E-state index contributed by atoms with van der Waals surface area (Å²) >= 11 is 5.38. The normalized spacial score (nSPS) is 18.8. The average molecular weight is 264 g/mol. The Morgan fingerprint density at radius 1 is 1.39 bits per heavy atom. The Morgan fingerprint density at radius 2 is 2.06 bits per heavy atom. The lowest BCUT2D eigenvalue weighted by molar-refractivity contribution is 0.518. The second kappa shape index (κ2) is 5.54. The second-order valence-corrected chi connectivity index (χ2v) is 5.25. The van der Waals surface area contributed by atoms with Gasteiger partial charge in [0.1, 0.15) is 0 Å². The minimum atomic E-state index is 0.251. The molecule has 0 bridgehead atoms. The highest BCUT2D eigenvalue weighted by Crippen LogP contribution is 2.17. The van der Waals surface area contributed by atoms with Crippen LogP contribution in [0.4, 0.5) is 11.4 Å². The summed E-state index contributed by atoms with van der Waals surface area (Å²) in [5.74, 6) is 0. The summed E-state index contributed by atoms with van der Waals surface area (Å²) in [4.78, 5) is 4.20. The standard InChI is InChI=1S/C13H20N4S/c1-16(2)12-5-3-11(4-6-12)15-13(18)17-8-7-10(14)9-17/h3-6,10H,7-9,14H2,1-2H3,(H,15,18)/t10-/m1/s1. The SMILES string of the molecule is CN(C)c1ccc(NC(=S)N2CC[C@@H](N)C2)cc1. The summed E-state index contributed by atoms with van der Waals surface area (Å²) in [7, 11) is 4.05. The fourth-order valence-corrected chi connectivity index (χ4v) is 2.30. The number of nitrogens with two attached hydrogens (primary N) is 1. The van der Waals surface area contributed by atoms with Crippen LogP contribution in [0.1, 0.15) is 6.42 Å². The van der Waals surface area contributed by atoms with Gasteiger partial charge in [-0.2, -0.15) is 0 Å². The molecule has 1 aliphatic heterocycles. The van der Waals surface area contributed by atoms with Crippen LogP contribution < -0.4 is 16.0 Å². The number of benzene rings is 1. The molecular weight excluding hydrogens is 244 g/mol. The van der Waals surface area contributed by atoms with Gasteiger partial charge in [0.05, 0.1) is 0 Å². The molecule has 0 saturated carbocycles. The summed E-state index contributed by atoms with van der Waals surface area (Å²) in [6.45, 7) is 1.80. The molecule has 1 heterocycles. The highest BCUT2D eigenvalue weighted by Gasteiger charge is 2.20. The molecule has 1 atom stereocenters. The number of likely N-dealkylation sites (tertiary alicyclic amines) is 1. The molecule has 0 aromatic heterocycles. The maximum atomic E-state index is 5.87. The lowest BCUT2D eigenvalue weighted by Gasteiger charge is -2.20. The fraction of sp³-hybridized carbons (Fsp3) is 0.462. The van der Waals surface area contributed by atoms with Crippen LogP contribution in [0.2, 0.25) is 0 Å². The van der Waals surface area contributed by atoms with E-state index in [4.69, 9.17) is 18.0 Å². The van der Waals surface area contributed by atoms with E-state index in [0.717, 1.165) is 30.3 Å². The zero-order chi connectivity index (χ0) is 13.1. The van der Waals surface area contributed by atoms with Crippen molar-refractivity contribution >= 4 is 28.7 Å². The number of hydrogen-bond donors (Lipinski definition) is 2. The first-order valence-electron chi connectivity index (χ1n) is 6.15. The Labute approximate surface area is 114 Å². The molecule has 1 aromatic rings. The van der Waals surface area contributed by atoms with Gasteiger partial charge in [0.15, 0.2) is 5.11 Å². The van der Waals surface area contributed by atoms with Crippen molar-refractivity contribution in [3.05, 3.63) is 24.3 Å². The van der Waals surface area contributed by atoms with Gasteiger partial charge in [0.2, 0.25) is 0 Å². The third-order valence-corrected chi connectivity index (χ3v) is 3.51. The van der Waals surface area contributed by atoms with Crippen molar-refractivity contribution in [1.82, 2.24) is 4.90 Å². The molecule has 0 radical (unpaired) electrons. The topological polar surface area (TPSA) is 44.5 Å². The molecule has 2 rings (SSSR count). The van der Waals surface area contributed by atoms with Crippen molar-refractivity contribution in [2.75, 3.05) is 37.4 Å². The molecule has 0 spiro atoms. The molecular formula is C13H20N4S. The van der Waals surface area contributed by atoms with Crippen molar-refractivity contribution in [1.29, 1.82) is 0 Å². The molecule has 0 amide bonds. The van der Waals surface area contributed by atoms with Crippen molar-refractivity contribution in [3.8, 4) is 0 Å². The van der Waals surface area contributed by atoms with Gasteiger partial charge in [0.25, 0.3) is 0 Å². The van der Waals surface area contributed by atoms with Crippen molar-refractivity contribution in [2.24, 2.45) is 5.73 Å². The number of nitrogens with one attached hydrogen (secondary N) is 1. The van der Waals surface area contributed by atoms with E-state index in [2.05, 4.69) is 27.2 Å². The van der Waals surface area contributed by atoms with Gasteiger partial charge in [-0.1, -0.05) is 0 Å². The third kappa shape index (κ3) is 3.11. The molecule has 5 heteroatoms. The molecule has 0 aliphatic carbocycles. The molecule has 3 N–H and O–H groups in total. The minimum Gasteiger partial charge on any atom is -0.378 e. The van der Waals surface area contributed by atoms with Crippen LogP contribution in [0, 0.1) is 0 Å². The Morgan fingerprint density at radius 3 is 2.56 bits per heavy atom. The Balaban J connectivity index is 1.95. The van der Waals surface area contributed by atoms with Crippen LogP contribution in [-0.2, 0) is 0 Å². The maximum Gasteiger partial charge on any atom is 0.173 e. The van der Waals surface area contributed by atoms with E-state index in [-0.39, 0.29) is 6.04 Å². The van der Waals surface area contributed by atoms with Gasteiger partial charge in [0, 0.05) is 44.6 Å². The van der Waals surface area contributed by atoms with Gasteiger partial charge in [-0.05, 0) is 42.9 Å². The number of nitrogens with zero attached hydrogens (tertiary/aromatic N) is 2. The fourth-order valence-electron chi connectivity index (χ4n) is 2.02. The van der Waals surface area contributed by atoms with Gasteiger partial charge >= 0.3 is 0 Å². The third-order valence-electron chi connectivity index (χ3n) is 3.15. The zero-order valence-corrected chi connectivity index (χ0v) is 11.7. The number of thiocarbonyl (C=S) groups is 1. The lowest BCUT2D eigenvalue weighted by Crippen LogP contribution is -2.34. The number of rotatable bonds is 2. The number of hydrogen-bond acceptors (Lipinski definition) is 3. The van der Waals surface area contributed by atoms with E-state index in [1.54, 1.807) is 0 Å². The van der Waals surface area contributed by atoms with Gasteiger partial charge in [-0.15, -0.1) is 0 Å². The van der Waals surface area contributed by atoms with E-state index < -0.39 is 0 Å². The van der Waals surface area contributed by atoms with E-state index in [0.29, 0.717) is 0 Å². The first-order valence-corrected chi connectivity index (χ1v) is 6.56. The van der Waals surface area contributed by atoms with E-state index in [9.17, 15) is 0 Å². The minimum absolute atomic E-state index is 0.251. The summed E-state index contributed by atoms with van der Waals surface area (Å²) < 4.78 is 0. The largest absolute Gasteiger partial charge is 0.378 e. The van der Waals surface area contributed by atoms with E-state index >= 15 is 0 Å². The molecule has 0 unspecified atom stereocenters. The lowest BCUT2D eigenvalue weighted by atomic mass is 10.2. The first-order chi connectivity index (χ1) is 8.56. The molecule has 1 fully saturated rings. The molecule has 98 valence electrons. The van der Waals surface area contributed by atoms with Crippen molar-refractivity contribution in [2.45, 2.75) is 12.5 Å². The summed E-state index contributed by atoms with van der Waals surface area (Å²) in [5.41, 5.74) is 8.07. The second-order valence-electron chi connectivity index (χ2n) is 4.87. The summed E-state index contributed by atoms with van der Waals surface area (Å²) in [5, 5.41) is 4.02. The average Bonchev–Trinajstić information content (AvgIpc) is 2.76. The van der Waals surface area contributed by atoms with E-state index in [1.807, 2.05) is 26.2 Å². The smallest absolute Gasteiger partial charge is 0.173 e. The Hall–Kier alpha value is -1.33. The highest BCUT2D eigenvalue weighted by molar-refractivity contribution is 7.80. The first kappa shape index (κ1) is 13.1. The zero-order valence-electron chi connectivity index (χ0n) is 10.9. The van der Waals surface area contributed by atoms with Gasteiger partial charge < -0.3 is 20.9 Å². The predicted molar refractivity (Wildman–Crippen MR) is 81.2 cm³/mol. The summed E-state index contributed by atoms with van der Waals surface area (Å²) in [6.07, 6.45) is 1.02. The van der Waals surface area contributed by atoms with Crippen LogP contribution in [0.3, 0.4) is 0 Å². The van der Waals surface area contributed by atoms with Gasteiger partial charge in [-0.3, -0.25) is 0 Å². The van der Waals surface area contributed by atoms with Crippen LogP contribution in [0.15, 0.2) is 24.3 Å². The van der Waals surface area contributed by atoms with Crippen LogP contribution in [0.5, 0.6) is 0 Å². The monoisotopic (exact) mass is 264 g/mol. The molecule has 1 aromatic carbocycles. The van der Waals surface area contributed by atoms with Gasteiger partial charge in [-0.25, -0.2) is 0 Å². The van der Waals surface area contributed by atoms with Crippen molar-refractivity contribution < 1.29 is 0 Å². The quantitative estimate of drug-likeness (QED) is 0.792. The summed E-state index contributed by atoms with van der Waals surface area (Å²) in [6, 6.07) is 8.47. The van der Waals surface area contributed by atoms with Crippen LogP contribution >= 0.6 is 12.2 Å². The highest BCUT2D eigenvalue weighted by atomic mass is 32.1. The molecule has 1 saturated heterocycles. The number of anilines is 2. The van der Waals surface area contributed by atoms with E-state index in [1.165, 1.54) is 5.69 Å². The Kier molecular flexibility index (Phi) is 4.04. The molecule has 4 nitrogen and oxygen atoms in total. The van der Waals surface area contributed by atoms with Crippen LogP contribution in [0.25, 0.3) is 0 Å².